The van der Waals surface area contributed by atoms with Gasteiger partial charge in [-0.2, -0.15) is 0 Å². The van der Waals surface area contributed by atoms with Gasteiger partial charge in [0.05, 0.1) is 27.8 Å². The Labute approximate surface area is 261 Å². The highest BCUT2D eigenvalue weighted by atomic mass is 15.0. The lowest BCUT2D eigenvalue weighted by Crippen LogP contribution is -2.55. The summed E-state index contributed by atoms with van der Waals surface area (Å²) in [4.78, 5) is 0. The fraction of sp³-hybridized carbons (Fsp3) is 0. The van der Waals surface area contributed by atoms with E-state index in [1.54, 1.807) is 0 Å². The molecule has 0 saturated heterocycles. The third-order valence-electron chi connectivity index (χ3n) is 9.78. The number of fused-ring (bicyclic) bond motifs is 8. The Morgan fingerprint density at radius 3 is 1.84 bits per heavy atom. The van der Waals surface area contributed by atoms with Crippen molar-refractivity contribution in [1.82, 2.24) is 9.13 Å². The fourth-order valence-corrected chi connectivity index (χ4v) is 7.92. The van der Waals surface area contributed by atoms with Crippen LogP contribution in [0.3, 0.4) is 0 Å². The van der Waals surface area contributed by atoms with E-state index in [1.807, 2.05) is 0 Å². The largest absolute Gasteiger partial charge is 0.310 e. The maximum absolute atomic E-state index is 2.52. The first-order valence-corrected chi connectivity index (χ1v) is 15.7. The second-order valence-corrected chi connectivity index (χ2v) is 12.1. The molecule has 7 aromatic carbocycles. The molecule has 0 unspecified atom stereocenters. The maximum Gasteiger partial charge on any atom is 0.246 e. The van der Waals surface area contributed by atoms with Crippen LogP contribution in [0.15, 0.2) is 164 Å². The van der Waals surface area contributed by atoms with E-state index in [0.29, 0.717) is 0 Å². The smallest absolute Gasteiger partial charge is 0.246 e. The number of benzene rings is 7. The quantitative estimate of drug-likeness (QED) is 0.189. The predicted molar refractivity (Wildman–Crippen MR) is 192 cm³/mol. The topological polar surface area (TPSA) is 9.86 Å². The molecular formula is C42H27BN2. The minimum Gasteiger partial charge on any atom is -0.310 e. The number of hydrogen-bond acceptors (Lipinski definition) is 0. The molecule has 208 valence electrons. The Kier molecular flexibility index (Phi) is 5.12. The summed E-state index contributed by atoms with van der Waals surface area (Å²) in [5.74, 6) is 0. The van der Waals surface area contributed by atoms with E-state index in [9.17, 15) is 0 Å². The minimum absolute atomic E-state index is 0.151. The number of rotatable bonds is 3. The van der Waals surface area contributed by atoms with Crippen molar-refractivity contribution in [3.8, 4) is 22.5 Å². The molecule has 0 aliphatic carbocycles. The summed E-state index contributed by atoms with van der Waals surface area (Å²) in [5, 5.41) is 5.11. The molecule has 2 nitrogen and oxygen atoms in total. The molecule has 0 N–H and O–H groups in total. The van der Waals surface area contributed by atoms with Gasteiger partial charge in [0.1, 0.15) is 0 Å². The SMILES string of the molecule is c1ccc(B2c3ccccc3-n3c4ccccc4c4c(-n5c6ccccc6c6ccc(-c7ccccc7)cc65)ccc2c43)cc1. The summed E-state index contributed by atoms with van der Waals surface area (Å²) in [6, 6.07) is 60.1. The van der Waals surface area contributed by atoms with Crippen LogP contribution < -0.4 is 16.4 Å². The maximum atomic E-state index is 2.52. The summed E-state index contributed by atoms with van der Waals surface area (Å²) in [6.07, 6.45) is 0. The lowest BCUT2D eigenvalue weighted by Gasteiger charge is -2.27. The van der Waals surface area contributed by atoms with Crippen LogP contribution in [0.5, 0.6) is 0 Å². The molecule has 0 fully saturated rings. The van der Waals surface area contributed by atoms with Crippen LogP contribution in [0.25, 0.3) is 66.1 Å². The van der Waals surface area contributed by atoms with Crippen molar-refractivity contribution < 1.29 is 0 Å². The molecule has 0 saturated carbocycles. The lowest BCUT2D eigenvalue weighted by atomic mass is 9.35. The summed E-state index contributed by atoms with van der Waals surface area (Å²) < 4.78 is 5.02. The third kappa shape index (κ3) is 3.41. The van der Waals surface area contributed by atoms with Gasteiger partial charge in [-0.15, -0.1) is 0 Å². The zero-order valence-electron chi connectivity index (χ0n) is 24.6. The Hall–Kier alpha value is -5.80. The van der Waals surface area contributed by atoms with Crippen molar-refractivity contribution >= 4 is 66.7 Å². The van der Waals surface area contributed by atoms with Gasteiger partial charge in [0.2, 0.25) is 6.71 Å². The highest BCUT2D eigenvalue weighted by molar-refractivity contribution is 6.98. The molecule has 2 aromatic heterocycles. The highest BCUT2D eigenvalue weighted by Crippen LogP contribution is 2.41. The van der Waals surface area contributed by atoms with Crippen LogP contribution in [0, 0.1) is 0 Å². The first-order valence-electron chi connectivity index (χ1n) is 15.7. The van der Waals surface area contributed by atoms with Gasteiger partial charge in [0, 0.05) is 27.2 Å². The molecule has 1 aliphatic rings. The monoisotopic (exact) mass is 570 g/mol. The van der Waals surface area contributed by atoms with E-state index in [4.69, 9.17) is 0 Å². The molecule has 0 bridgehead atoms. The minimum atomic E-state index is 0.151. The van der Waals surface area contributed by atoms with Gasteiger partial charge in [-0.1, -0.05) is 139 Å². The molecule has 0 atom stereocenters. The molecule has 45 heavy (non-hydrogen) atoms. The number of hydrogen-bond donors (Lipinski definition) is 0. The van der Waals surface area contributed by atoms with Crippen LogP contribution >= 0.6 is 0 Å². The summed E-state index contributed by atoms with van der Waals surface area (Å²) in [7, 11) is 0. The van der Waals surface area contributed by atoms with Crippen LogP contribution in [-0.2, 0) is 0 Å². The summed E-state index contributed by atoms with van der Waals surface area (Å²) in [6.45, 7) is 0.151. The fourth-order valence-electron chi connectivity index (χ4n) is 7.92. The van der Waals surface area contributed by atoms with Crippen molar-refractivity contribution in [3.05, 3.63) is 164 Å². The number of nitrogens with zero attached hydrogens (tertiary/aromatic N) is 2. The molecule has 0 amide bonds. The van der Waals surface area contributed by atoms with Crippen LogP contribution in [0.2, 0.25) is 0 Å². The van der Waals surface area contributed by atoms with Gasteiger partial charge < -0.3 is 9.13 Å². The number of aromatic nitrogens is 2. The molecule has 10 rings (SSSR count). The molecule has 0 spiro atoms. The average molecular weight is 571 g/mol. The van der Waals surface area contributed by atoms with E-state index >= 15 is 0 Å². The van der Waals surface area contributed by atoms with Crippen molar-refractivity contribution in [2.24, 2.45) is 0 Å². The Balaban J connectivity index is 1.37. The molecular weight excluding hydrogens is 543 g/mol. The zero-order chi connectivity index (χ0) is 29.5. The van der Waals surface area contributed by atoms with Crippen molar-refractivity contribution in [3.63, 3.8) is 0 Å². The van der Waals surface area contributed by atoms with Gasteiger partial charge in [0.25, 0.3) is 0 Å². The van der Waals surface area contributed by atoms with Crippen molar-refractivity contribution in [2.45, 2.75) is 0 Å². The second kappa shape index (κ2) is 9.35. The first-order chi connectivity index (χ1) is 22.4. The Bertz CT molecular complexity index is 2590. The van der Waals surface area contributed by atoms with E-state index in [2.05, 4.69) is 173 Å². The molecule has 3 heterocycles. The van der Waals surface area contributed by atoms with Crippen molar-refractivity contribution in [2.75, 3.05) is 0 Å². The molecule has 3 heteroatoms. The Morgan fingerprint density at radius 2 is 1.02 bits per heavy atom. The van der Waals surface area contributed by atoms with Crippen LogP contribution in [0.4, 0.5) is 0 Å². The second-order valence-electron chi connectivity index (χ2n) is 12.1. The lowest BCUT2D eigenvalue weighted by molar-refractivity contribution is 1.18. The van der Waals surface area contributed by atoms with Gasteiger partial charge in [-0.3, -0.25) is 0 Å². The highest BCUT2D eigenvalue weighted by Gasteiger charge is 2.34. The average Bonchev–Trinajstić information content (AvgIpc) is 3.63. The Morgan fingerprint density at radius 1 is 0.378 bits per heavy atom. The van der Waals surface area contributed by atoms with Gasteiger partial charge >= 0.3 is 0 Å². The molecule has 9 aromatic rings. The normalized spacial score (nSPS) is 12.4. The van der Waals surface area contributed by atoms with Crippen molar-refractivity contribution in [1.29, 1.82) is 0 Å². The van der Waals surface area contributed by atoms with Gasteiger partial charge in [0.15, 0.2) is 0 Å². The van der Waals surface area contributed by atoms with Gasteiger partial charge in [-0.25, -0.2) is 0 Å². The van der Waals surface area contributed by atoms with E-state index in [0.717, 1.165) is 0 Å². The third-order valence-corrected chi connectivity index (χ3v) is 9.78. The zero-order valence-corrected chi connectivity index (χ0v) is 24.6. The van der Waals surface area contributed by atoms with E-state index in [-0.39, 0.29) is 6.71 Å². The summed E-state index contributed by atoms with van der Waals surface area (Å²) in [5.41, 5.74) is 13.9. The molecule has 0 radical (unpaired) electrons. The van der Waals surface area contributed by atoms with Crippen LogP contribution in [0.1, 0.15) is 0 Å². The van der Waals surface area contributed by atoms with Crippen LogP contribution in [-0.4, -0.2) is 15.8 Å². The standard InChI is InChI=1S/C42H27BN2/c1-3-13-28(14-4-1)29-23-24-32-31-17-7-10-20-36(31)44(40(32)27-29)39-26-25-35-42-41(39)33-18-8-11-21-37(33)45(42)38-22-12-9-19-34(38)43(35)30-15-5-2-6-16-30/h1-27H. The van der Waals surface area contributed by atoms with E-state index in [1.165, 1.54) is 82.5 Å². The molecule has 1 aliphatic heterocycles. The predicted octanol–water partition coefficient (Wildman–Crippen LogP) is 8.38. The first kappa shape index (κ1) is 24.6. The van der Waals surface area contributed by atoms with Gasteiger partial charge in [-0.05, 0) is 52.4 Å². The summed E-state index contributed by atoms with van der Waals surface area (Å²) >= 11 is 0. The van der Waals surface area contributed by atoms with E-state index < -0.39 is 0 Å². The number of para-hydroxylation sites is 3.